The first-order valence-corrected chi connectivity index (χ1v) is 9.31. The van der Waals surface area contributed by atoms with Crippen molar-refractivity contribution in [3.63, 3.8) is 0 Å². The van der Waals surface area contributed by atoms with Gasteiger partial charge in [0.25, 0.3) is 0 Å². The van der Waals surface area contributed by atoms with E-state index >= 15 is 0 Å². The Morgan fingerprint density at radius 2 is 1.48 bits per heavy atom. The Bertz CT molecular complexity index is 422. The molecule has 0 amide bonds. The van der Waals surface area contributed by atoms with Crippen molar-refractivity contribution in [3.05, 3.63) is 0 Å². The van der Waals surface area contributed by atoms with Gasteiger partial charge in [0.2, 0.25) is 0 Å². The van der Waals surface area contributed by atoms with Crippen molar-refractivity contribution in [2.75, 3.05) is 0 Å². The molecule has 8 atom stereocenters. The van der Waals surface area contributed by atoms with Crippen molar-refractivity contribution in [3.8, 4) is 0 Å². The molecule has 120 valence electrons. The third kappa shape index (κ3) is 1.91. The Kier molecular flexibility index (Phi) is 3.25. The first-order valence-electron chi connectivity index (χ1n) is 9.31. The number of aliphatic hydroxyl groups excluding tert-OH is 2. The largest absolute Gasteiger partial charge is 0.393 e. The minimum absolute atomic E-state index is 0.0400. The Balaban J connectivity index is 1.62. The molecule has 0 bridgehead atoms. The van der Waals surface area contributed by atoms with Gasteiger partial charge in [-0.1, -0.05) is 13.8 Å². The van der Waals surface area contributed by atoms with E-state index in [1.54, 1.807) is 0 Å². The summed E-state index contributed by atoms with van der Waals surface area (Å²) in [5.41, 5.74) is 0.676. The Morgan fingerprint density at radius 1 is 0.762 bits per heavy atom. The summed E-state index contributed by atoms with van der Waals surface area (Å²) >= 11 is 0. The van der Waals surface area contributed by atoms with E-state index in [1.807, 2.05) is 0 Å². The molecule has 4 aliphatic carbocycles. The molecule has 2 N–H and O–H groups in total. The third-order valence-electron chi connectivity index (χ3n) is 8.59. The second-order valence-corrected chi connectivity index (χ2v) is 9.22. The molecule has 0 saturated heterocycles. The molecule has 0 spiro atoms. The van der Waals surface area contributed by atoms with Gasteiger partial charge < -0.3 is 10.2 Å². The SMILES string of the molecule is C[C@]12CCC(O)CC1CCC1C2CC[C@@]2(C)C1CC[C@@H]2O. The fourth-order valence-electron chi connectivity index (χ4n) is 7.21. The molecule has 4 rings (SSSR count). The van der Waals surface area contributed by atoms with Crippen LogP contribution in [0.4, 0.5) is 0 Å². The zero-order valence-electron chi connectivity index (χ0n) is 13.7. The number of fused-ring (bicyclic) bond motifs is 5. The van der Waals surface area contributed by atoms with E-state index in [0.29, 0.717) is 5.41 Å². The van der Waals surface area contributed by atoms with E-state index in [2.05, 4.69) is 13.8 Å². The molecule has 0 aromatic rings. The van der Waals surface area contributed by atoms with Crippen molar-refractivity contribution in [2.45, 2.75) is 83.8 Å². The quantitative estimate of drug-likeness (QED) is 0.714. The molecule has 4 saturated carbocycles. The number of hydrogen-bond acceptors (Lipinski definition) is 2. The normalized spacial score (nSPS) is 60.0. The van der Waals surface area contributed by atoms with Crippen molar-refractivity contribution in [1.29, 1.82) is 0 Å². The van der Waals surface area contributed by atoms with Gasteiger partial charge in [0.15, 0.2) is 0 Å². The molecule has 0 aliphatic heterocycles. The average molecular weight is 292 g/mol. The van der Waals surface area contributed by atoms with Gasteiger partial charge in [0, 0.05) is 0 Å². The zero-order chi connectivity index (χ0) is 14.8. The van der Waals surface area contributed by atoms with Gasteiger partial charge >= 0.3 is 0 Å². The van der Waals surface area contributed by atoms with E-state index in [0.717, 1.165) is 42.9 Å². The van der Waals surface area contributed by atoms with Gasteiger partial charge in [0.05, 0.1) is 12.2 Å². The number of rotatable bonds is 0. The Morgan fingerprint density at radius 3 is 2.29 bits per heavy atom. The van der Waals surface area contributed by atoms with Gasteiger partial charge in [-0.25, -0.2) is 0 Å². The molecular weight excluding hydrogens is 260 g/mol. The first kappa shape index (κ1) is 14.5. The summed E-state index contributed by atoms with van der Waals surface area (Å²) in [6.07, 6.45) is 10.7. The summed E-state index contributed by atoms with van der Waals surface area (Å²) in [4.78, 5) is 0. The maximum Gasteiger partial charge on any atom is 0.0596 e. The van der Waals surface area contributed by atoms with Gasteiger partial charge in [-0.2, -0.15) is 0 Å². The van der Waals surface area contributed by atoms with Crippen LogP contribution in [-0.2, 0) is 0 Å². The average Bonchev–Trinajstić information content (AvgIpc) is 2.76. The molecule has 0 aromatic heterocycles. The van der Waals surface area contributed by atoms with Crippen LogP contribution < -0.4 is 0 Å². The maximum atomic E-state index is 10.5. The molecule has 2 heteroatoms. The molecular formula is C19H32O2. The lowest BCUT2D eigenvalue weighted by Crippen LogP contribution is -2.54. The minimum atomic E-state index is -0.0536. The lowest BCUT2D eigenvalue weighted by Gasteiger charge is -2.60. The van der Waals surface area contributed by atoms with E-state index in [-0.39, 0.29) is 17.6 Å². The van der Waals surface area contributed by atoms with E-state index in [9.17, 15) is 10.2 Å². The summed E-state index contributed by atoms with van der Waals surface area (Å²) in [7, 11) is 0. The Labute approximate surface area is 129 Å². The Hall–Kier alpha value is -0.0800. The fraction of sp³-hybridized carbons (Fsp3) is 1.00. The predicted molar refractivity (Wildman–Crippen MR) is 83.7 cm³/mol. The summed E-state index contributed by atoms with van der Waals surface area (Å²) < 4.78 is 0. The third-order valence-corrected chi connectivity index (χ3v) is 8.59. The van der Waals surface area contributed by atoms with Crippen LogP contribution in [0.5, 0.6) is 0 Å². The molecule has 4 aliphatic rings. The van der Waals surface area contributed by atoms with Crippen LogP contribution in [-0.4, -0.2) is 22.4 Å². The maximum absolute atomic E-state index is 10.5. The molecule has 4 fully saturated rings. The van der Waals surface area contributed by atoms with E-state index < -0.39 is 0 Å². The fourth-order valence-corrected chi connectivity index (χ4v) is 7.21. The standard InChI is InChI=1S/C19H32O2/c1-18-9-7-13(20)11-12(18)3-4-14-15-5-6-17(21)19(15,2)10-8-16(14)18/h12-17,20-21H,3-11H2,1-2H3/t12?,13?,14?,15?,16?,17-,18-,19-/m0/s1. The zero-order valence-corrected chi connectivity index (χ0v) is 13.7. The van der Waals surface area contributed by atoms with Crippen LogP contribution in [0.2, 0.25) is 0 Å². The van der Waals surface area contributed by atoms with E-state index in [1.165, 1.54) is 38.5 Å². The van der Waals surface area contributed by atoms with Gasteiger partial charge in [-0.3, -0.25) is 0 Å². The second-order valence-electron chi connectivity index (χ2n) is 9.22. The van der Waals surface area contributed by atoms with Crippen LogP contribution in [0.3, 0.4) is 0 Å². The lowest BCUT2D eigenvalue weighted by atomic mass is 9.45. The van der Waals surface area contributed by atoms with Crippen LogP contribution in [0.1, 0.15) is 71.6 Å². The summed E-state index contributed by atoms with van der Waals surface area (Å²) in [6.45, 7) is 4.90. The van der Waals surface area contributed by atoms with Gasteiger partial charge in [-0.05, 0) is 92.3 Å². The highest BCUT2D eigenvalue weighted by molar-refractivity contribution is 5.09. The van der Waals surface area contributed by atoms with Crippen LogP contribution in [0.15, 0.2) is 0 Å². The topological polar surface area (TPSA) is 40.5 Å². The highest BCUT2D eigenvalue weighted by Crippen LogP contribution is 2.66. The summed E-state index contributed by atoms with van der Waals surface area (Å²) in [6, 6.07) is 0. The van der Waals surface area contributed by atoms with Crippen molar-refractivity contribution in [1.82, 2.24) is 0 Å². The molecule has 0 aromatic carbocycles. The lowest BCUT2D eigenvalue weighted by molar-refractivity contribution is -0.133. The summed E-state index contributed by atoms with van der Waals surface area (Å²) in [5.74, 6) is 3.21. The first-order chi connectivity index (χ1) is 9.95. The predicted octanol–water partition coefficient (Wildman–Crippen LogP) is 3.75. The smallest absolute Gasteiger partial charge is 0.0596 e. The number of aliphatic hydroxyl groups is 2. The van der Waals surface area contributed by atoms with E-state index in [4.69, 9.17) is 0 Å². The second kappa shape index (κ2) is 4.71. The van der Waals surface area contributed by atoms with Crippen LogP contribution in [0.25, 0.3) is 0 Å². The molecule has 5 unspecified atom stereocenters. The minimum Gasteiger partial charge on any atom is -0.393 e. The highest BCUT2D eigenvalue weighted by Gasteiger charge is 2.59. The van der Waals surface area contributed by atoms with Gasteiger partial charge in [0.1, 0.15) is 0 Å². The van der Waals surface area contributed by atoms with Crippen LogP contribution in [0, 0.1) is 34.5 Å². The molecule has 0 radical (unpaired) electrons. The molecule has 21 heavy (non-hydrogen) atoms. The molecule has 2 nitrogen and oxygen atoms in total. The summed E-state index contributed by atoms with van der Waals surface area (Å²) in [5, 5.41) is 20.5. The molecule has 0 heterocycles. The monoisotopic (exact) mass is 292 g/mol. The van der Waals surface area contributed by atoms with Gasteiger partial charge in [-0.15, -0.1) is 0 Å². The van der Waals surface area contributed by atoms with Crippen molar-refractivity contribution in [2.24, 2.45) is 34.5 Å². The number of hydrogen-bond donors (Lipinski definition) is 2. The highest BCUT2D eigenvalue weighted by atomic mass is 16.3. The van der Waals surface area contributed by atoms with Crippen molar-refractivity contribution >= 4 is 0 Å². The van der Waals surface area contributed by atoms with Crippen LogP contribution >= 0.6 is 0 Å². The van der Waals surface area contributed by atoms with Crippen molar-refractivity contribution < 1.29 is 10.2 Å².